The number of carbonyl (C=O) groups is 2. The smallest absolute Gasteiger partial charge is 0.325 e. The summed E-state index contributed by atoms with van der Waals surface area (Å²) in [6.07, 6.45) is 1.98. The molecule has 0 radical (unpaired) electrons. The van der Waals surface area contributed by atoms with Gasteiger partial charge < -0.3 is 9.29 Å². The molecule has 4 unspecified atom stereocenters. The molecule has 0 aliphatic heterocycles. The second-order valence-corrected chi connectivity index (χ2v) is 5.97. The van der Waals surface area contributed by atoms with Gasteiger partial charge in [0.25, 0.3) is 0 Å². The first-order valence-electron chi connectivity index (χ1n) is 4.97. The van der Waals surface area contributed by atoms with E-state index in [1.807, 2.05) is 0 Å². The first-order chi connectivity index (χ1) is 7.31. The largest absolute Gasteiger partial charge is 0.481 e. The van der Waals surface area contributed by atoms with Gasteiger partial charge in [-0.25, -0.2) is 0 Å². The lowest BCUT2D eigenvalue weighted by Gasteiger charge is -2.10. The van der Waals surface area contributed by atoms with Crippen molar-refractivity contribution in [2.75, 3.05) is 6.26 Å². The van der Waals surface area contributed by atoms with Crippen LogP contribution in [0.15, 0.2) is 0 Å². The number of carboxylic acid groups (broad SMARTS) is 1. The lowest BCUT2D eigenvalue weighted by molar-refractivity contribution is -0.141. The Balaban J connectivity index is 2.02. The Kier molecular flexibility index (Phi) is 2.45. The zero-order valence-electron chi connectivity index (χ0n) is 8.62. The minimum absolute atomic E-state index is 0.0228. The van der Waals surface area contributed by atoms with Gasteiger partial charge in [-0.15, -0.1) is 0 Å². The maximum atomic E-state index is 11.5. The second-order valence-electron chi connectivity index (χ2n) is 4.40. The van der Waals surface area contributed by atoms with Gasteiger partial charge in [-0.05, 0) is 24.7 Å². The molecule has 0 spiro atoms. The summed E-state index contributed by atoms with van der Waals surface area (Å²) in [6.45, 7) is 0. The van der Waals surface area contributed by atoms with Gasteiger partial charge in [-0.2, -0.15) is 8.42 Å². The Labute approximate surface area is 92.7 Å². The molecule has 90 valence electrons. The fraction of sp³-hybridized carbons (Fsp3) is 0.778. The van der Waals surface area contributed by atoms with E-state index >= 15 is 0 Å². The molecular weight excluding hydrogens is 236 g/mol. The minimum Gasteiger partial charge on any atom is -0.481 e. The normalized spacial score (nSPS) is 36.6. The summed E-state index contributed by atoms with van der Waals surface area (Å²) in [5.41, 5.74) is 0. The highest BCUT2D eigenvalue weighted by Crippen LogP contribution is 2.60. The number of fused-ring (bicyclic) bond motifs is 1. The molecule has 0 amide bonds. The molecule has 2 saturated carbocycles. The standard InChI is InChI=1S/C9H12O6S/c1-16(13,14)15-9(12)5-3-2-4-6(5)7(4)8(10)11/h4-7H,2-3H2,1H3,(H,10,11). The number of rotatable bonds is 3. The summed E-state index contributed by atoms with van der Waals surface area (Å²) in [4.78, 5) is 22.2. The summed E-state index contributed by atoms with van der Waals surface area (Å²) in [5, 5.41) is 8.82. The van der Waals surface area contributed by atoms with E-state index < -0.39 is 33.9 Å². The summed E-state index contributed by atoms with van der Waals surface area (Å²) in [5.74, 6) is -2.99. The highest BCUT2D eigenvalue weighted by molar-refractivity contribution is 7.86. The average Bonchev–Trinajstić information content (AvgIpc) is 2.64. The molecule has 2 rings (SSSR count). The number of aliphatic carboxylic acids is 1. The minimum atomic E-state index is -3.80. The first-order valence-corrected chi connectivity index (χ1v) is 6.79. The van der Waals surface area contributed by atoms with Crippen molar-refractivity contribution >= 4 is 22.1 Å². The van der Waals surface area contributed by atoms with Crippen LogP contribution in [0.3, 0.4) is 0 Å². The molecule has 2 aliphatic carbocycles. The van der Waals surface area contributed by atoms with E-state index in [9.17, 15) is 18.0 Å². The van der Waals surface area contributed by atoms with Gasteiger partial charge in [0.2, 0.25) is 0 Å². The van der Waals surface area contributed by atoms with Gasteiger partial charge >= 0.3 is 22.1 Å². The molecule has 2 aliphatic rings. The molecule has 16 heavy (non-hydrogen) atoms. The molecule has 0 bridgehead atoms. The Morgan fingerprint density at radius 3 is 2.38 bits per heavy atom. The molecule has 6 nitrogen and oxygen atoms in total. The molecule has 1 N–H and O–H groups in total. The molecule has 0 aromatic rings. The third kappa shape index (κ3) is 1.91. The highest BCUT2D eigenvalue weighted by atomic mass is 32.2. The van der Waals surface area contributed by atoms with Crippen LogP contribution in [0.5, 0.6) is 0 Å². The van der Waals surface area contributed by atoms with Crippen molar-refractivity contribution in [3.05, 3.63) is 0 Å². The van der Waals surface area contributed by atoms with Crippen LogP contribution < -0.4 is 0 Å². The van der Waals surface area contributed by atoms with E-state index in [1.54, 1.807) is 0 Å². The summed E-state index contributed by atoms with van der Waals surface area (Å²) in [6, 6.07) is 0. The third-order valence-electron chi connectivity index (χ3n) is 3.33. The molecule has 0 heterocycles. The lowest BCUT2D eigenvalue weighted by Crippen LogP contribution is -2.23. The number of carbonyl (C=O) groups excluding carboxylic acids is 1. The van der Waals surface area contributed by atoms with Gasteiger partial charge in [0.1, 0.15) is 0 Å². The van der Waals surface area contributed by atoms with E-state index in [-0.39, 0.29) is 11.8 Å². The topological polar surface area (TPSA) is 97.7 Å². The molecule has 7 heteroatoms. The summed E-state index contributed by atoms with van der Waals surface area (Å²) >= 11 is 0. The molecular formula is C9H12O6S. The van der Waals surface area contributed by atoms with Crippen molar-refractivity contribution in [1.29, 1.82) is 0 Å². The highest BCUT2D eigenvalue weighted by Gasteiger charge is 2.64. The predicted octanol–water partition coefficient (Wildman–Crippen LogP) is -0.154. The van der Waals surface area contributed by atoms with Crippen LogP contribution in [-0.2, 0) is 23.9 Å². The zero-order valence-corrected chi connectivity index (χ0v) is 9.44. The fourth-order valence-electron chi connectivity index (χ4n) is 2.72. The monoisotopic (exact) mass is 248 g/mol. The van der Waals surface area contributed by atoms with Gasteiger partial charge in [-0.3, -0.25) is 9.59 Å². The van der Waals surface area contributed by atoms with Gasteiger partial charge in [0.05, 0.1) is 18.1 Å². The van der Waals surface area contributed by atoms with Gasteiger partial charge in [0, 0.05) is 0 Å². The Morgan fingerprint density at radius 2 is 1.94 bits per heavy atom. The van der Waals surface area contributed by atoms with Crippen molar-refractivity contribution in [3.63, 3.8) is 0 Å². The number of carboxylic acids is 1. The van der Waals surface area contributed by atoms with Crippen LogP contribution in [0.1, 0.15) is 12.8 Å². The number of hydrogen-bond acceptors (Lipinski definition) is 5. The average molecular weight is 248 g/mol. The van der Waals surface area contributed by atoms with E-state index in [0.717, 1.165) is 6.26 Å². The van der Waals surface area contributed by atoms with Crippen molar-refractivity contribution in [2.45, 2.75) is 12.8 Å². The third-order valence-corrected chi connectivity index (χ3v) is 3.79. The van der Waals surface area contributed by atoms with Crippen LogP contribution in [-0.4, -0.2) is 31.7 Å². The van der Waals surface area contributed by atoms with Crippen LogP contribution >= 0.6 is 0 Å². The van der Waals surface area contributed by atoms with E-state index in [1.165, 1.54) is 0 Å². The Morgan fingerprint density at radius 1 is 1.31 bits per heavy atom. The summed E-state index contributed by atoms with van der Waals surface area (Å²) < 4.78 is 25.8. The number of hydrogen-bond donors (Lipinski definition) is 1. The predicted molar refractivity (Wildman–Crippen MR) is 51.8 cm³/mol. The molecule has 0 aromatic carbocycles. The second kappa shape index (κ2) is 3.44. The maximum Gasteiger partial charge on any atom is 0.325 e. The molecule has 0 saturated heterocycles. The van der Waals surface area contributed by atoms with Crippen LogP contribution in [0.4, 0.5) is 0 Å². The van der Waals surface area contributed by atoms with Crippen molar-refractivity contribution in [2.24, 2.45) is 23.7 Å². The van der Waals surface area contributed by atoms with E-state index in [4.69, 9.17) is 5.11 Å². The van der Waals surface area contributed by atoms with Crippen LogP contribution in [0.2, 0.25) is 0 Å². The SMILES string of the molecule is CS(=O)(=O)OC(=O)C1CCC2C(C(=O)O)C12. The lowest BCUT2D eigenvalue weighted by atomic mass is 10.0. The van der Waals surface area contributed by atoms with Crippen LogP contribution in [0, 0.1) is 23.7 Å². The first kappa shape index (κ1) is 11.4. The van der Waals surface area contributed by atoms with E-state index in [0.29, 0.717) is 12.8 Å². The molecule has 4 atom stereocenters. The Bertz CT molecular complexity index is 439. The summed E-state index contributed by atoms with van der Waals surface area (Å²) in [7, 11) is -3.80. The Hall–Kier alpha value is -1.11. The van der Waals surface area contributed by atoms with Crippen LogP contribution in [0.25, 0.3) is 0 Å². The zero-order chi connectivity index (χ0) is 12.1. The van der Waals surface area contributed by atoms with Crippen molar-refractivity contribution in [3.8, 4) is 0 Å². The quantitative estimate of drug-likeness (QED) is 0.697. The van der Waals surface area contributed by atoms with Gasteiger partial charge in [0.15, 0.2) is 0 Å². The van der Waals surface area contributed by atoms with Crippen molar-refractivity contribution in [1.82, 2.24) is 0 Å². The fourth-order valence-corrected chi connectivity index (χ4v) is 3.14. The maximum absolute atomic E-state index is 11.5. The van der Waals surface area contributed by atoms with E-state index in [2.05, 4.69) is 4.18 Å². The molecule has 2 fully saturated rings. The molecule has 0 aromatic heterocycles. The van der Waals surface area contributed by atoms with Crippen molar-refractivity contribution < 1.29 is 27.3 Å². The van der Waals surface area contributed by atoms with Gasteiger partial charge in [-0.1, -0.05) is 0 Å².